The number of fused-ring (bicyclic) bond motifs is 2. The normalized spacial score (nSPS) is 16.4. The first-order valence-corrected chi connectivity index (χ1v) is 12.6. The number of carbonyl (C=O) groups is 1. The van der Waals surface area contributed by atoms with Crippen molar-refractivity contribution in [1.82, 2.24) is 5.32 Å². The number of carbonyl (C=O) groups excluding carboxylic acids is 1. The molecule has 3 N–H and O–H groups in total. The Morgan fingerprint density at radius 2 is 1.75 bits per heavy atom. The van der Waals surface area contributed by atoms with E-state index < -0.39 is 17.6 Å². The lowest BCUT2D eigenvalue weighted by Gasteiger charge is -2.25. The van der Waals surface area contributed by atoms with Crippen molar-refractivity contribution in [3.8, 4) is 11.1 Å². The number of nitrogens with two attached hydrogens (primary N) is 1. The molecule has 0 atom stereocenters. The minimum Gasteiger partial charge on any atom is -0.334 e. The van der Waals surface area contributed by atoms with Crippen LogP contribution in [0.5, 0.6) is 0 Å². The monoisotopic (exact) mass is 515 g/mol. The third-order valence-corrected chi connectivity index (χ3v) is 7.77. The van der Waals surface area contributed by atoms with Gasteiger partial charge in [-0.15, -0.1) is 0 Å². The molecule has 0 saturated heterocycles. The zero-order chi connectivity index (χ0) is 25.5. The first-order chi connectivity index (χ1) is 17.2. The Hall–Kier alpha value is -3.04. The minimum atomic E-state index is -4.61. The van der Waals surface area contributed by atoms with Crippen molar-refractivity contribution in [2.75, 3.05) is 11.4 Å². The van der Waals surface area contributed by atoms with Gasteiger partial charge in [0.1, 0.15) is 5.82 Å². The molecule has 0 bridgehead atoms. The summed E-state index contributed by atoms with van der Waals surface area (Å²) >= 11 is 1.15. The molecule has 3 aromatic carbocycles. The first kappa shape index (κ1) is 24.6. The second-order valence-corrected chi connectivity index (χ2v) is 10.1. The first-order valence-electron chi connectivity index (χ1n) is 11.7. The molecule has 4 nitrogen and oxygen atoms in total. The van der Waals surface area contributed by atoms with E-state index in [1.165, 1.54) is 0 Å². The van der Waals surface area contributed by atoms with Gasteiger partial charge < -0.3 is 5.32 Å². The molecule has 1 spiro atoms. The second kappa shape index (κ2) is 9.44. The lowest BCUT2D eigenvalue weighted by Crippen LogP contribution is -2.41. The van der Waals surface area contributed by atoms with Crippen molar-refractivity contribution in [3.63, 3.8) is 0 Å². The Kier molecular flexibility index (Phi) is 6.46. The molecule has 2 amide bonds. The summed E-state index contributed by atoms with van der Waals surface area (Å²) in [7, 11) is 0. The summed E-state index contributed by atoms with van der Waals surface area (Å²) in [6.45, 7) is 0.805. The molecule has 188 valence electrons. The van der Waals surface area contributed by atoms with Crippen molar-refractivity contribution in [3.05, 3.63) is 83.2 Å². The third-order valence-electron chi connectivity index (χ3n) is 7.23. The molecule has 5 rings (SSSR count). The highest BCUT2D eigenvalue weighted by Gasteiger charge is 2.46. The van der Waals surface area contributed by atoms with Crippen molar-refractivity contribution < 1.29 is 22.4 Å². The maximum Gasteiger partial charge on any atom is 0.417 e. The molecular weight excluding hydrogens is 490 g/mol. The number of benzene rings is 3. The van der Waals surface area contributed by atoms with Crippen LogP contribution in [0.2, 0.25) is 0 Å². The van der Waals surface area contributed by atoms with Gasteiger partial charge in [0.25, 0.3) is 0 Å². The predicted molar refractivity (Wildman–Crippen MR) is 133 cm³/mol. The van der Waals surface area contributed by atoms with Crippen LogP contribution in [0.1, 0.15) is 42.4 Å². The average molecular weight is 516 g/mol. The fourth-order valence-electron chi connectivity index (χ4n) is 5.46. The van der Waals surface area contributed by atoms with Gasteiger partial charge in [-0.1, -0.05) is 31.0 Å². The van der Waals surface area contributed by atoms with Crippen molar-refractivity contribution in [2.24, 2.45) is 5.14 Å². The number of amides is 2. The summed E-state index contributed by atoms with van der Waals surface area (Å²) in [5.74, 6) is -0.729. The molecule has 0 unspecified atom stereocenters. The molecule has 0 aromatic heterocycles. The van der Waals surface area contributed by atoms with E-state index in [9.17, 15) is 22.4 Å². The number of nitrogens with one attached hydrogen (secondary N) is 1. The smallest absolute Gasteiger partial charge is 0.334 e. The highest BCUT2D eigenvalue weighted by Crippen LogP contribution is 2.52. The van der Waals surface area contributed by atoms with Crippen molar-refractivity contribution >= 4 is 23.7 Å². The molecule has 3 aromatic rings. The van der Waals surface area contributed by atoms with Crippen LogP contribution in [0.3, 0.4) is 0 Å². The maximum absolute atomic E-state index is 14.0. The van der Waals surface area contributed by atoms with Crippen LogP contribution < -0.4 is 15.4 Å². The molecule has 1 aliphatic carbocycles. The second-order valence-electron chi connectivity index (χ2n) is 9.41. The number of alkyl halides is 3. The zero-order valence-corrected chi connectivity index (χ0v) is 20.2. The van der Waals surface area contributed by atoms with Crippen LogP contribution >= 0.6 is 11.9 Å². The van der Waals surface area contributed by atoms with Gasteiger partial charge >= 0.3 is 12.2 Å². The topological polar surface area (TPSA) is 58.4 Å². The molecule has 0 radical (unpaired) electrons. The van der Waals surface area contributed by atoms with E-state index in [2.05, 4.69) is 5.32 Å². The van der Waals surface area contributed by atoms with E-state index in [-0.39, 0.29) is 17.0 Å². The number of halogens is 4. The summed E-state index contributed by atoms with van der Waals surface area (Å²) < 4.78 is 55.0. The zero-order valence-electron chi connectivity index (χ0n) is 19.4. The highest BCUT2D eigenvalue weighted by atomic mass is 32.2. The molecule has 1 aliphatic heterocycles. The summed E-state index contributed by atoms with van der Waals surface area (Å²) in [5.41, 5.74) is 1.39. The molecular formula is C27H25F4N3OS. The number of hydrogen-bond donors (Lipinski definition) is 2. The third kappa shape index (κ3) is 4.57. The van der Waals surface area contributed by atoms with E-state index >= 15 is 0 Å². The van der Waals surface area contributed by atoms with E-state index in [4.69, 9.17) is 5.14 Å². The maximum atomic E-state index is 14.0. The van der Waals surface area contributed by atoms with Gasteiger partial charge in [-0.3, -0.25) is 10.0 Å². The average Bonchev–Trinajstić information content (AvgIpc) is 3.47. The summed E-state index contributed by atoms with van der Waals surface area (Å²) in [5, 5.41) is 8.52. The van der Waals surface area contributed by atoms with E-state index in [0.717, 1.165) is 71.9 Å². The minimum absolute atomic E-state index is 0.194. The Morgan fingerprint density at radius 3 is 2.42 bits per heavy atom. The Balaban J connectivity index is 1.47. The number of urea groups is 1. The Bertz CT molecular complexity index is 1290. The fraction of sp³-hybridized carbons (Fsp3) is 0.296. The Labute approximate surface area is 211 Å². The Morgan fingerprint density at radius 1 is 1.03 bits per heavy atom. The number of anilines is 1. The van der Waals surface area contributed by atoms with Crippen molar-refractivity contribution in [2.45, 2.75) is 48.7 Å². The lowest BCUT2D eigenvalue weighted by molar-refractivity contribution is -0.137. The predicted octanol–water partition coefficient (Wildman–Crippen LogP) is 7.02. The number of rotatable bonds is 4. The standard InChI is InChI=1S/C27H25F4N3OS/c28-19-6-9-22(27(29,30)31)21(14-19)18-5-10-24-23(13-18)26(11-1-2-12-26)16-34(24)25(35)33-15-17-3-7-20(36-32)8-4-17/h3-10,13-14H,1-2,11-12,15-16,32H2,(H,33,35). The van der Waals surface area contributed by atoms with Gasteiger partial charge in [0.2, 0.25) is 0 Å². The fourth-order valence-corrected chi connectivity index (χ4v) is 5.75. The number of hydrogen-bond acceptors (Lipinski definition) is 3. The summed E-state index contributed by atoms with van der Waals surface area (Å²) in [6.07, 6.45) is -0.946. The van der Waals surface area contributed by atoms with Gasteiger partial charge in [-0.05, 0) is 89.5 Å². The summed E-state index contributed by atoms with van der Waals surface area (Å²) in [6, 6.07) is 14.8. The van der Waals surface area contributed by atoms with Gasteiger partial charge in [0.05, 0.1) is 5.56 Å². The molecule has 36 heavy (non-hydrogen) atoms. The van der Waals surface area contributed by atoms with E-state index in [1.807, 2.05) is 24.3 Å². The van der Waals surface area contributed by atoms with Crippen LogP contribution in [-0.2, 0) is 18.1 Å². The summed E-state index contributed by atoms with van der Waals surface area (Å²) in [4.78, 5) is 15.8. The van der Waals surface area contributed by atoms with Crippen LogP contribution in [0.15, 0.2) is 65.6 Å². The van der Waals surface area contributed by atoms with Crippen molar-refractivity contribution in [1.29, 1.82) is 0 Å². The van der Waals surface area contributed by atoms with Gasteiger partial charge in [-0.2, -0.15) is 13.2 Å². The molecule has 9 heteroatoms. The largest absolute Gasteiger partial charge is 0.417 e. The van der Waals surface area contributed by atoms with Gasteiger partial charge in [-0.25, -0.2) is 9.18 Å². The van der Waals surface area contributed by atoms with Crippen LogP contribution in [0, 0.1) is 5.82 Å². The lowest BCUT2D eigenvalue weighted by atomic mass is 9.79. The SMILES string of the molecule is NSc1ccc(CNC(=O)N2CC3(CCCC3)c3cc(-c4cc(F)ccc4C(F)(F)F)ccc32)cc1. The van der Waals surface area contributed by atoms with E-state index in [1.54, 1.807) is 23.1 Å². The quantitative estimate of drug-likeness (QED) is 0.290. The number of nitrogens with zero attached hydrogens (tertiary/aromatic N) is 1. The molecule has 2 aliphatic rings. The van der Waals surface area contributed by atoms with Gasteiger partial charge in [0.15, 0.2) is 0 Å². The highest BCUT2D eigenvalue weighted by molar-refractivity contribution is 7.97. The van der Waals surface area contributed by atoms with Crippen LogP contribution in [-0.4, -0.2) is 12.6 Å². The molecule has 1 saturated carbocycles. The van der Waals surface area contributed by atoms with E-state index in [0.29, 0.717) is 24.3 Å². The van der Waals surface area contributed by atoms with Gasteiger partial charge in [0, 0.05) is 29.1 Å². The van der Waals surface area contributed by atoms with Crippen LogP contribution in [0.4, 0.5) is 28.0 Å². The molecule has 1 fully saturated rings. The molecule has 1 heterocycles. The van der Waals surface area contributed by atoms with Crippen LogP contribution in [0.25, 0.3) is 11.1 Å².